The highest BCUT2D eigenvalue weighted by Gasteiger charge is 2.47. The average Bonchev–Trinajstić information content (AvgIpc) is 1.33. The van der Waals surface area contributed by atoms with Crippen LogP contribution in [0.1, 0.15) is 268 Å². The van der Waals surface area contributed by atoms with E-state index in [9.17, 15) is 38.4 Å². The summed E-state index contributed by atoms with van der Waals surface area (Å²) in [6.07, 6.45) is 7.13. The lowest BCUT2D eigenvalue weighted by molar-refractivity contribution is -0.140. The van der Waals surface area contributed by atoms with Gasteiger partial charge in [0.25, 0.3) is 0 Å². The smallest absolute Gasteiger partial charge is 0.246 e. The summed E-state index contributed by atoms with van der Waals surface area (Å²) < 4.78 is 0. The lowest BCUT2D eigenvalue weighted by atomic mass is 9.85. The molecule has 4 aliphatic rings. The topological polar surface area (TPSA) is 325 Å². The molecule has 4 aliphatic heterocycles. The second-order valence-corrected chi connectivity index (χ2v) is 45.1. The number of thiazole rings is 4. The maximum atomic E-state index is 13.9. The molecular formula is C116H144N16O8S4. The number of amides is 8. The molecule has 12 aromatic rings. The van der Waals surface area contributed by atoms with Crippen molar-refractivity contribution >= 4 is 92.6 Å². The zero-order chi connectivity index (χ0) is 103. The summed E-state index contributed by atoms with van der Waals surface area (Å²) in [5.74, 6) is -1.13. The molecule has 10 N–H and O–H groups in total. The van der Waals surface area contributed by atoms with Crippen molar-refractivity contribution in [3.63, 3.8) is 0 Å². The molecule has 8 heterocycles. The molecule has 8 aromatic carbocycles. The van der Waals surface area contributed by atoms with Gasteiger partial charge in [-0.2, -0.15) is 0 Å². The Labute approximate surface area is 866 Å². The van der Waals surface area contributed by atoms with Crippen LogP contribution in [0.15, 0.2) is 258 Å². The number of nitrogens with two attached hydrogens (primary N) is 2. The predicted octanol–water partition coefficient (Wildman–Crippen LogP) is 19.7. The van der Waals surface area contributed by atoms with Crippen LogP contribution in [0, 0.1) is 22.2 Å². The van der Waals surface area contributed by atoms with Gasteiger partial charge < -0.3 is 63.0 Å². The van der Waals surface area contributed by atoms with Crippen molar-refractivity contribution in [3.8, 4) is 22.4 Å². The largest absolute Gasteiger partial charge is 0.343 e. The van der Waals surface area contributed by atoms with E-state index in [4.69, 9.17) is 31.4 Å². The second kappa shape index (κ2) is 50.1. The molecule has 760 valence electrons. The molecule has 24 nitrogen and oxygen atoms in total. The first-order chi connectivity index (χ1) is 68.9. The number of likely N-dealkylation sites (tertiary alicyclic amines) is 4. The van der Waals surface area contributed by atoms with Crippen LogP contribution in [0.2, 0.25) is 0 Å². The van der Waals surface area contributed by atoms with Crippen molar-refractivity contribution in [2.75, 3.05) is 40.3 Å². The van der Waals surface area contributed by atoms with E-state index in [0.717, 1.165) is 111 Å². The Hall–Kier alpha value is -12.1. The zero-order valence-electron chi connectivity index (χ0n) is 86.2. The molecule has 0 saturated carbocycles. The number of nitrogens with zero attached hydrogens (tertiary/aromatic N) is 8. The van der Waals surface area contributed by atoms with Gasteiger partial charge in [-0.25, -0.2) is 19.9 Å². The fraction of sp³-hybridized carbons (Fsp3) is 0.414. The molecule has 8 amide bonds. The minimum Gasteiger partial charge on any atom is -0.343 e. The number of carbonyl (C=O) groups excluding carboxylic acids is 8. The standard InChI is InChI=1S/C30H38N4O2S.2C29H36N4O2S.C28H34N4O2S/c1-20(31-5)27(35)33-26(30(2,3)4)29(36)34-18-12-17-24(34)28-32-23(19-37-28)25(21-13-8-6-9-14-21)22-15-10-7-11-16-22;1-19(30-5)26(34)32-25(29(2,3)4)28(35)33-17-11-16-24(33)27-31-23(18-36-27)22-15-10-9-14-21(22)20-12-7-6-8-13-20;1-19(30)26(34)32-25(29(2,3)4)28(35)33-17-11-16-23(33)27-31-22(18-36-27)24(20-12-7-5-8-13-20)21-14-9-6-10-15-21;1-18(2)25(31-26(33)19(3)29)28(34)32-16-10-15-23(32)27-30-22(17-35-27)24(20-11-6-4-7-12-20)21-13-8-5-9-14-21/h6-11,13-16,19-20,24-26,31H,12,17-18H2,1-5H3,(H,33,35);6-10,12-15,18-19,24-25,30H,11,16-17H2,1-5H3,(H,32,34);5-10,12-15,18-19,23-25H,11,16-17,30H2,1-4H3,(H,32,34);4-9,11-14,17-19,23-25H,10,15-16,29H2,1-3H3,(H,31,33)/t20-,24?,26+;19-,24-,25+;19-,23?,25+;19-,23-,25-/m0001/s1. The summed E-state index contributed by atoms with van der Waals surface area (Å²) in [4.78, 5) is 133. The van der Waals surface area contributed by atoms with Crippen molar-refractivity contribution in [3.05, 3.63) is 329 Å². The Morgan fingerprint density at radius 2 is 0.569 bits per heavy atom. The molecule has 28 heteroatoms. The highest BCUT2D eigenvalue weighted by Crippen LogP contribution is 2.46. The van der Waals surface area contributed by atoms with Crippen molar-refractivity contribution in [2.45, 2.75) is 245 Å². The lowest BCUT2D eigenvalue weighted by Gasteiger charge is -2.36. The number of nitrogens with one attached hydrogen (secondary N) is 6. The van der Waals surface area contributed by atoms with Crippen molar-refractivity contribution < 1.29 is 38.4 Å². The van der Waals surface area contributed by atoms with Gasteiger partial charge in [-0.05, 0) is 160 Å². The van der Waals surface area contributed by atoms with Crippen LogP contribution >= 0.6 is 45.3 Å². The molecule has 4 saturated heterocycles. The van der Waals surface area contributed by atoms with E-state index in [1.807, 2.05) is 162 Å². The third-order valence-corrected chi connectivity index (χ3v) is 31.1. The number of hydrogen-bond acceptors (Lipinski definition) is 20. The van der Waals surface area contributed by atoms with Crippen LogP contribution in [0.3, 0.4) is 0 Å². The molecule has 4 aromatic heterocycles. The SMILES string of the molecule is CC(C)[C@@H](NC(=O)[C@@H](C)N)C(=O)N1CCC[C@@H]1c1nc(C(c2ccccc2)c2ccccc2)cs1.CN[C@@H](C)C(=O)N[C@H](C(=O)N1CCCC1c1nc(C(c2ccccc2)c2ccccc2)cs1)C(C)(C)C.CN[C@@H](C)C(=O)N[C@H](C(=O)N1CCC[C@H]1c1nc(-c2ccccc2-c2ccccc2)cs1)C(C)(C)C.C[C@H](N)C(=O)N[C@H](C(=O)N1CCCC1c1nc(C(c2ccccc2)c2ccccc2)cs1)C(C)(C)C. The molecule has 0 radical (unpaired) electrons. The molecular weight excluding hydrogens is 1870 g/mol. The molecule has 16 rings (SSSR count). The van der Waals surface area contributed by atoms with Gasteiger partial charge in [0.05, 0.1) is 88.9 Å². The zero-order valence-corrected chi connectivity index (χ0v) is 89.4. The Kier molecular flexibility index (Phi) is 38.0. The summed E-state index contributed by atoms with van der Waals surface area (Å²) in [6.45, 7) is 31.3. The summed E-state index contributed by atoms with van der Waals surface area (Å²) in [7, 11) is 3.48. The molecule has 144 heavy (non-hydrogen) atoms. The third-order valence-electron chi connectivity index (χ3n) is 27.3. The van der Waals surface area contributed by atoms with Crippen LogP contribution in [-0.4, -0.2) is 175 Å². The number of benzene rings is 8. The molecule has 12 atom stereocenters. The Balaban J connectivity index is 0.000000161. The summed E-state index contributed by atoms with van der Waals surface area (Å²) >= 11 is 6.45. The van der Waals surface area contributed by atoms with Crippen LogP contribution in [0.4, 0.5) is 0 Å². The fourth-order valence-electron chi connectivity index (χ4n) is 19.0. The van der Waals surface area contributed by atoms with E-state index in [0.29, 0.717) is 26.2 Å². The van der Waals surface area contributed by atoms with E-state index < -0.39 is 52.5 Å². The van der Waals surface area contributed by atoms with E-state index >= 15 is 0 Å². The van der Waals surface area contributed by atoms with E-state index in [2.05, 4.69) is 223 Å². The number of aromatic nitrogens is 4. The van der Waals surface area contributed by atoms with Gasteiger partial charge in [0, 0.05) is 53.3 Å². The third kappa shape index (κ3) is 27.3. The average molecular weight is 2020 g/mol. The van der Waals surface area contributed by atoms with Gasteiger partial charge in [-0.1, -0.05) is 313 Å². The van der Waals surface area contributed by atoms with Crippen molar-refractivity contribution in [1.82, 2.24) is 71.4 Å². The minimum atomic E-state index is -0.675. The maximum Gasteiger partial charge on any atom is 0.246 e. The van der Waals surface area contributed by atoms with Crippen molar-refractivity contribution in [2.24, 2.45) is 33.6 Å². The van der Waals surface area contributed by atoms with Crippen molar-refractivity contribution in [1.29, 1.82) is 0 Å². The summed E-state index contributed by atoms with van der Waals surface area (Å²) in [5.41, 5.74) is 24.7. The number of likely N-dealkylation sites (N-methyl/N-ethyl adjacent to an activating group) is 2. The normalized spacial score (nSPS) is 17.6. The lowest BCUT2D eigenvalue weighted by Crippen LogP contribution is -2.57. The first-order valence-corrected chi connectivity index (χ1v) is 54.0. The summed E-state index contributed by atoms with van der Waals surface area (Å²) in [6, 6.07) is 76.2. The number of carbonyl (C=O) groups is 8. The first kappa shape index (κ1) is 109. The van der Waals surface area contributed by atoms with Crippen LogP contribution in [0.25, 0.3) is 22.4 Å². The van der Waals surface area contributed by atoms with Gasteiger partial charge in [0.1, 0.15) is 44.2 Å². The van der Waals surface area contributed by atoms with Gasteiger partial charge in [-0.3, -0.25) is 38.4 Å². The monoisotopic (exact) mass is 2020 g/mol. The summed E-state index contributed by atoms with van der Waals surface area (Å²) in [5, 5.41) is 30.0. The number of hydrogen-bond donors (Lipinski definition) is 8. The quantitative estimate of drug-likeness (QED) is 0.0207. The highest BCUT2D eigenvalue weighted by atomic mass is 32.1. The van der Waals surface area contributed by atoms with E-state index in [1.54, 1.807) is 87.1 Å². The van der Waals surface area contributed by atoms with E-state index in [-0.39, 0.29) is 107 Å². The Morgan fingerprint density at radius 3 is 0.847 bits per heavy atom. The fourth-order valence-corrected chi connectivity index (χ4v) is 23.0. The highest BCUT2D eigenvalue weighted by molar-refractivity contribution is 7.10. The first-order valence-electron chi connectivity index (χ1n) is 50.5. The molecule has 0 spiro atoms. The van der Waals surface area contributed by atoms with Crippen LogP contribution < -0.4 is 43.4 Å². The van der Waals surface area contributed by atoms with Crippen LogP contribution in [0.5, 0.6) is 0 Å². The molecule has 0 bridgehead atoms. The van der Waals surface area contributed by atoms with Crippen LogP contribution in [-0.2, 0) is 38.4 Å². The molecule has 0 aliphatic carbocycles. The van der Waals surface area contributed by atoms with Gasteiger partial charge in [0.2, 0.25) is 47.3 Å². The molecule has 2 unspecified atom stereocenters. The Morgan fingerprint density at radius 1 is 0.319 bits per heavy atom. The maximum absolute atomic E-state index is 13.9. The Bertz CT molecular complexity index is 6070. The van der Waals surface area contributed by atoms with Gasteiger partial charge in [-0.15, -0.1) is 45.3 Å². The molecule has 4 fully saturated rings. The second-order valence-electron chi connectivity index (χ2n) is 41.6. The predicted molar refractivity (Wildman–Crippen MR) is 581 cm³/mol. The minimum absolute atomic E-state index is 0.0237. The van der Waals surface area contributed by atoms with E-state index in [1.165, 1.54) is 33.4 Å². The van der Waals surface area contributed by atoms with Gasteiger partial charge >= 0.3 is 0 Å². The van der Waals surface area contributed by atoms with Gasteiger partial charge in [0.15, 0.2) is 0 Å². The number of rotatable bonds is 30.